The molecular formula is C11H19NO3. The first-order chi connectivity index (χ1) is 6.87. The van der Waals surface area contributed by atoms with E-state index >= 15 is 0 Å². The Bertz CT molecular complexity index is 275. The minimum absolute atomic E-state index is 0.188. The fourth-order valence-electron chi connectivity index (χ4n) is 2.38. The first-order valence-electron chi connectivity index (χ1n) is 5.28. The Morgan fingerprint density at radius 3 is 2.47 bits per heavy atom. The van der Waals surface area contributed by atoms with Gasteiger partial charge in [0.2, 0.25) is 0 Å². The second kappa shape index (κ2) is 3.91. The van der Waals surface area contributed by atoms with Gasteiger partial charge in [-0.3, -0.25) is 4.79 Å². The highest BCUT2D eigenvalue weighted by Crippen LogP contribution is 2.53. The van der Waals surface area contributed by atoms with Crippen LogP contribution in [0, 0.1) is 16.2 Å². The fourth-order valence-corrected chi connectivity index (χ4v) is 2.38. The number of nitrogens with zero attached hydrogens (tertiary/aromatic N) is 1. The molecule has 0 spiro atoms. The molecule has 0 aliphatic heterocycles. The van der Waals surface area contributed by atoms with Crippen molar-refractivity contribution in [2.75, 3.05) is 7.11 Å². The molecule has 0 aromatic carbocycles. The van der Waals surface area contributed by atoms with E-state index in [0.29, 0.717) is 6.42 Å². The smallest absolute Gasteiger partial charge is 0.305 e. The van der Waals surface area contributed by atoms with Crippen LogP contribution in [-0.4, -0.2) is 18.6 Å². The third kappa shape index (κ3) is 1.90. The van der Waals surface area contributed by atoms with Gasteiger partial charge in [-0.2, -0.15) is 4.91 Å². The SMILES string of the molecule is COC(=O)C[C@@H]1CC[C@](C)(N=O)C1(C)C. The summed E-state index contributed by atoms with van der Waals surface area (Å²) in [6.07, 6.45) is 2.00. The minimum atomic E-state index is -0.550. The maximum atomic E-state index is 11.2. The second-order valence-corrected chi connectivity index (χ2v) is 5.10. The van der Waals surface area contributed by atoms with E-state index in [2.05, 4.69) is 9.91 Å². The highest BCUT2D eigenvalue weighted by Gasteiger charge is 2.53. The van der Waals surface area contributed by atoms with Crippen LogP contribution in [0.2, 0.25) is 0 Å². The van der Waals surface area contributed by atoms with Gasteiger partial charge in [0.25, 0.3) is 0 Å². The molecule has 0 heterocycles. The number of hydrogen-bond donors (Lipinski definition) is 0. The summed E-state index contributed by atoms with van der Waals surface area (Å²) in [6, 6.07) is 0. The molecule has 0 aromatic heterocycles. The molecule has 0 saturated heterocycles. The zero-order chi connectivity index (χ0) is 11.7. The van der Waals surface area contributed by atoms with Gasteiger partial charge in [-0.05, 0) is 31.1 Å². The predicted octanol–water partition coefficient (Wildman–Crippen LogP) is 2.51. The topological polar surface area (TPSA) is 55.7 Å². The second-order valence-electron chi connectivity index (χ2n) is 5.10. The molecule has 1 fully saturated rings. The van der Waals surface area contributed by atoms with E-state index in [9.17, 15) is 9.70 Å². The number of methoxy groups -OCH3 is 1. The number of rotatable bonds is 3. The molecule has 0 unspecified atom stereocenters. The van der Waals surface area contributed by atoms with Gasteiger partial charge in [0.15, 0.2) is 0 Å². The standard InChI is InChI=1S/C11H19NO3/c1-10(2)8(7-9(13)15-4)5-6-11(10,3)12-14/h8H,5-7H2,1-4H3/t8-,11-/m0/s1. The van der Waals surface area contributed by atoms with Crippen molar-refractivity contribution in [1.82, 2.24) is 0 Å². The zero-order valence-electron chi connectivity index (χ0n) is 9.87. The van der Waals surface area contributed by atoms with Crippen LogP contribution in [0.1, 0.15) is 40.0 Å². The van der Waals surface area contributed by atoms with E-state index in [0.717, 1.165) is 12.8 Å². The van der Waals surface area contributed by atoms with E-state index in [4.69, 9.17) is 0 Å². The van der Waals surface area contributed by atoms with Crippen molar-refractivity contribution in [3.8, 4) is 0 Å². The maximum absolute atomic E-state index is 11.2. The Balaban J connectivity index is 2.79. The van der Waals surface area contributed by atoms with Crippen molar-refractivity contribution in [2.24, 2.45) is 16.5 Å². The van der Waals surface area contributed by atoms with E-state index in [1.165, 1.54) is 7.11 Å². The molecule has 86 valence electrons. The van der Waals surface area contributed by atoms with Crippen LogP contribution >= 0.6 is 0 Å². The normalized spacial score (nSPS) is 33.7. The van der Waals surface area contributed by atoms with Gasteiger partial charge >= 0.3 is 5.97 Å². The third-order valence-electron chi connectivity index (χ3n) is 4.23. The average molecular weight is 213 g/mol. The third-order valence-corrected chi connectivity index (χ3v) is 4.23. The van der Waals surface area contributed by atoms with Crippen molar-refractivity contribution in [1.29, 1.82) is 0 Å². The summed E-state index contributed by atoms with van der Waals surface area (Å²) in [5, 5.41) is 3.25. The zero-order valence-corrected chi connectivity index (χ0v) is 9.87. The molecule has 0 aromatic rings. The van der Waals surface area contributed by atoms with Gasteiger partial charge in [0.05, 0.1) is 7.11 Å². The summed E-state index contributed by atoms with van der Waals surface area (Å²) in [4.78, 5) is 22.1. The molecule has 0 N–H and O–H groups in total. The van der Waals surface area contributed by atoms with Gasteiger partial charge in [0.1, 0.15) is 5.54 Å². The fraction of sp³-hybridized carbons (Fsp3) is 0.909. The van der Waals surface area contributed by atoms with Crippen molar-refractivity contribution in [2.45, 2.75) is 45.6 Å². The number of hydrogen-bond acceptors (Lipinski definition) is 4. The minimum Gasteiger partial charge on any atom is -0.469 e. The average Bonchev–Trinajstić information content (AvgIpc) is 2.42. The molecule has 0 bridgehead atoms. The Morgan fingerprint density at radius 1 is 1.47 bits per heavy atom. The Hall–Kier alpha value is -0.930. The molecule has 1 rings (SSSR count). The van der Waals surface area contributed by atoms with Crippen LogP contribution < -0.4 is 0 Å². The Kier molecular flexibility index (Phi) is 3.16. The van der Waals surface area contributed by atoms with Gasteiger partial charge in [-0.1, -0.05) is 19.0 Å². The number of carbonyl (C=O) groups excluding carboxylic acids is 1. The van der Waals surface area contributed by atoms with E-state index in [1.807, 2.05) is 20.8 Å². The summed E-state index contributed by atoms with van der Waals surface area (Å²) in [5.41, 5.74) is -0.783. The molecule has 2 atom stereocenters. The number of esters is 1. The highest BCUT2D eigenvalue weighted by molar-refractivity contribution is 5.69. The van der Waals surface area contributed by atoms with Crippen LogP contribution in [0.15, 0.2) is 5.18 Å². The monoisotopic (exact) mass is 213 g/mol. The van der Waals surface area contributed by atoms with Crippen LogP contribution in [0.5, 0.6) is 0 Å². The van der Waals surface area contributed by atoms with Crippen LogP contribution in [0.25, 0.3) is 0 Å². The number of carbonyl (C=O) groups is 1. The molecule has 15 heavy (non-hydrogen) atoms. The Morgan fingerprint density at radius 2 is 2.07 bits per heavy atom. The van der Waals surface area contributed by atoms with E-state index < -0.39 is 5.54 Å². The molecule has 1 aliphatic rings. The summed E-state index contributed by atoms with van der Waals surface area (Å²) in [5.74, 6) is -0.0177. The number of nitroso groups, excluding NO2 is 1. The van der Waals surface area contributed by atoms with Crippen molar-refractivity contribution < 1.29 is 9.53 Å². The van der Waals surface area contributed by atoms with Gasteiger partial charge in [-0.25, -0.2) is 0 Å². The quantitative estimate of drug-likeness (QED) is 0.534. The van der Waals surface area contributed by atoms with E-state index in [1.54, 1.807) is 0 Å². The largest absolute Gasteiger partial charge is 0.469 e. The van der Waals surface area contributed by atoms with Crippen molar-refractivity contribution in [3.05, 3.63) is 4.91 Å². The summed E-state index contributed by atoms with van der Waals surface area (Å²) in [7, 11) is 1.39. The van der Waals surface area contributed by atoms with E-state index in [-0.39, 0.29) is 17.3 Å². The summed E-state index contributed by atoms with van der Waals surface area (Å²) >= 11 is 0. The van der Waals surface area contributed by atoms with Gasteiger partial charge in [0, 0.05) is 6.42 Å². The number of ether oxygens (including phenoxy) is 1. The molecule has 0 amide bonds. The first kappa shape index (κ1) is 12.1. The van der Waals surface area contributed by atoms with Crippen molar-refractivity contribution >= 4 is 5.97 Å². The van der Waals surface area contributed by atoms with Gasteiger partial charge in [-0.15, -0.1) is 0 Å². The lowest BCUT2D eigenvalue weighted by molar-refractivity contribution is -0.142. The summed E-state index contributed by atoms with van der Waals surface area (Å²) in [6.45, 7) is 5.89. The molecule has 1 aliphatic carbocycles. The van der Waals surface area contributed by atoms with Crippen LogP contribution in [-0.2, 0) is 9.53 Å². The lowest BCUT2D eigenvalue weighted by atomic mass is 9.71. The predicted molar refractivity (Wildman–Crippen MR) is 57.3 cm³/mol. The lowest BCUT2D eigenvalue weighted by Crippen LogP contribution is -2.38. The van der Waals surface area contributed by atoms with Crippen LogP contribution in [0.3, 0.4) is 0 Å². The Labute approximate surface area is 90.4 Å². The molecular weight excluding hydrogens is 194 g/mol. The van der Waals surface area contributed by atoms with Gasteiger partial charge < -0.3 is 4.74 Å². The lowest BCUT2D eigenvalue weighted by Gasteiger charge is -2.35. The molecule has 4 nitrogen and oxygen atoms in total. The first-order valence-corrected chi connectivity index (χ1v) is 5.28. The molecule has 1 saturated carbocycles. The molecule has 0 radical (unpaired) electrons. The van der Waals surface area contributed by atoms with Crippen LogP contribution in [0.4, 0.5) is 0 Å². The maximum Gasteiger partial charge on any atom is 0.305 e. The summed E-state index contributed by atoms with van der Waals surface area (Å²) < 4.78 is 4.66. The highest BCUT2D eigenvalue weighted by atomic mass is 16.5. The molecule has 4 heteroatoms. The van der Waals surface area contributed by atoms with Crippen molar-refractivity contribution in [3.63, 3.8) is 0 Å².